The lowest BCUT2D eigenvalue weighted by atomic mass is 9.95. The van der Waals surface area contributed by atoms with E-state index in [0.717, 1.165) is 87.7 Å². The van der Waals surface area contributed by atoms with Crippen LogP contribution in [0, 0.1) is 0 Å². The Labute approximate surface area is 265 Å². The number of fused-ring (bicyclic) bond motifs is 2. The van der Waals surface area contributed by atoms with Crippen LogP contribution in [0.5, 0.6) is 6.01 Å². The van der Waals surface area contributed by atoms with Gasteiger partial charge in [0, 0.05) is 38.1 Å². The van der Waals surface area contributed by atoms with Crippen LogP contribution in [0.3, 0.4) is 0 Å². The molecule has 0 unspecified atom stereocenters. The van der Waals surface area contributed by atoms with Gasteiger partial charge in [-0.1, -0.05) is 25.5 Å². The van der Waals surface area contributed by atoms with Crippen LogP contribution in [-0.4, -0.2) is 86.6 Å². The largest absolute Gasteiger partial charge is 0.465 e. The van der Waals surface area contributed by atoms with E-state index in [2.05, 4.69) is 66.7 Å². The van der Waals surface area contributed by atoms with Gasteiger partial charge < -0.3 is 30.0 Å². The van der Waals surface area contributed by atoms with Crippen LogP contribution in [0.1, 0.15) is 85.5 Å². The van der Waals surface area contributed by atoms with Crippen molar-refractivity contribution in [2.24, 2.45) is 0 Å². The number of aromatic nitrogens is 5. The van der Waals surface area contributed by atoms with Gasteiger partial charge >= 0.3 is 12.0 Å². The minimum absolute atomic E-state index is 0.266. The molecule has 0 atom stereocenters. The molecule has 3 aliphatic rings. The molecule has 1 saturated heterocycles. The molecule has 5 heterocycles. The molecule has 242 valence electrons. The van der Waals surface area contributed by atoms with Crippen LogP contribution < -0.4 is 20.7 Å². The van der Waals surface area contributed by atoms with Crippen molar-refractivity contribution in [1.29, 1.82) is 0 Å². The number of esters is 1. The zero-order chi connectivity index (χ0) is 31.5. The molecular formula is C32H46N10O3. The quantitative estimate of drug-likeness (QED) is 0.240. The lowest BCUT2D eigenvalue weighted by Crippen LogP contribution is -2.39. The first kappa shape index (κ1) is 31.0. The molecule has 45 heavy (non-hydrogen) atoms. The van der Waals surface area contributed by atoms with E-state index in [1.54, 1.807) is 0 Å². The number of anilines is 3. The Morgan fingerprint density at radius 3 is 2.69 bits per heavy atom. The summed E-state index contributed by atoms with van der Waals surface area (Å²) in [5.74, 6) is 3.33. The number of unbranched alkanes of at least 4 members (excludes halogenated alkanes) is 1. The van der Waals surface area contributed by atoms with E-state index >= 15 is 0 Å². The van der Waals surface area contributed by atoms with Crippen molar-refractivity contribution in [3.63, 3.8) is 0 Å². The summed E-state index contributed by atoms with van der Waals surface area (Å²) < 4.78 is 13.3. The highest BCUT2D eigenvalue weighted by Gasteiger charge is 2.30. The standard InChI is InChI=1S/C32H46N10O3/c1-5-6-15-45-32-35-28(33)27-30(36-32)41(20-34-27)18-24-8-7-22(16-25(24)31(43)44-4)17-39-11-9-23(10-12-39)29-38-37-26-19-40(21(2)3)13-14-42(26)29/h7-8,16,21,23,34H,5-6,9-15,17-20H2,1-4H3,(H2,33,35,36). The molecule has 1 fully saturated rings. The minimum Gasteiger partial charge on any atom is -0.465 e. The average Bonchev–Trinajstić information content (AvgIpc) is 3.66. The lowest BCUT2D eigenvalue weighted by Gasteiger charge is -2.34. The molecular weight excluding hydrogens is 572 g/mol. The van der Waals surface area contributed by atoms with E-state index in [1.165, 1.54) is 7.11 Å². The molecule has 3 N–H and O–H groups in total. The second-order valence-corrected chi connectivity index (χ2v) is 12.5. The van der Waals surface area contributed by atoms with E-state index < -0.39 is 0 Å². The van der Waals surface area contributed by atoms with E-state index in [-0.39, 0.29) is 12.0 Å². The maximum Gasteiger partial charge on any atom is 0.338 e. The average molecular weight is 619 g/mol. The van der Waals surface area contributed by atoms with E-state index in [9.17, 15) is 4.79 Å². The Bertz CT molecular complexity index is 1500. The van der Waals surface area contributed by atoms with Gasteiger partial charge in [0.2, 0.25) is 0 Å². The SMILES string of the molecule is CCCCOc1nc(N)c2c(n1)N(Cc1ccc(CN3CCC(c4nnc5n4CCN(C(C)C)C5)CC3)cc1C(=O)OC)CN2. The molecule has 13 nitrogen and oxygen atoms in total. The second kappa shape index (κ2) is 13.6. The van der Waals surface area contributed by atoms with E-state index in [0.29, 0.717) is 54.7 Å². The van der Waals surface area contributed by atoms with E-state index in [1.807, 2.05) is 17.0 Å². The van der Waals surface area contributed by atoms with Crippen LogP contribution in [0.2, 0.25) is 0 Å². The fourth-order valence-corrected chi connectivity index (χ4v) is 6.51. The molecule has 13 heteroatoms. The summed E-state index contributed by atoms with van der Waals surface area (Å²) >= 11 is 0. The van der Waals surface area contributed by atoms with Crippen molar-refractivity contribution in [2.45, 2.75) is 84.6 Å². The van der Waals surface area contributed by atoms with Gasteiger partial charge in [0.25, 0.3) is 0 Å². The fourth-order valence-electron chi connectivity index (χ4n) is 6.51. The number of benzene rings is 1. The molecule has 0 saturated carbocycles. The molecule has 2 aromatic heterocycles. The topological polar surface area (TPSA) is 140 Å². The Morgan fingerprint density at radius 2 is 1.93 bits per heavy atom. The molecule has 0 amide bonds. The Hall–Kier alpha value is -3.97. The smallest absolute Gasteiger partial charge is 0.338 e. The molecule has 3 aliphatic heterocycles. The highest BCUT2D eigenvalue weighted by Crippen LogP contribution is 2.36. The number of methoxy groups -OCH3 is 1. The minimum atomic E-state index is -0.351. The summed E-state index contributed by atoms with van der Waals surface area (Å²) in [6, 6.07) is 6.89. The number of nitrogen functional groups attached to an aromatic ring is 1. The molecule has 0 spiro atoms. The first-order valence-corrected chi connectivity index (χ1v) is 16.2. The van der Waals surface area contributed by atoms with Crippen molar-refractivity contribution in [1.82, 2.24) is 34.5 Å². The summed E-state index contributed by atoms with van der Waals surface area (Å²) in [5, 5.41) is 12.5. The third kappa shape index (κ3) is 6.69. The zero-order valence-corrected chi connectivity index (χ0v) is 27.0. The van der Waals surface area contributed by atoms with E-state index in [4.69, 9.17) is 15.2 Å². The normalized spacial score (nSPS) is 17.3. The summed E-state index contributed by atoms with van der Waals surface area (Å²) in [7, 11) is 1.42. The number of hydrogen-bond donors (Lipinski definition) is 2. The Morgan fingerprint density at radius 1 is 1.11 bits per heavy atom. The van der Waals surface area contributed by atoms with Crippen LogP contribution >= 0.6 is 0 Å². The second-order valence-electron chi connectivity index (χ2n) is 12.5. The number of nitrogens with one attached hydrogen (secondary N) is 1. The zero-order valence-electron chi connectivity index (χ0n) is 27.0. The third-order valence-corrected chi connectivity index (χ3v) is 9.21. The Balaban J connectivity index is 1.11. The summed E-state index contributed by atoms with van der Waals surface area (Å²) in [4.78, 5) is 28.8. The number of rotatable bonds is 11. The van der Waals surface area contributed by atoms with Gasteiger partial charge in [0.15, 0.2) is 11.6 Å². The van der Waals surface area contributed by atoms with Crippen LogP contribution in [0.25, 0.3) is 0 Å². The van der Waals surface area contributed by atoms with Gasteiger partial charge in [0.05, 0.1) is 32.5 Å². The molecule has 1 aromatic carbocycles. The third-order valence-electron chi connectivity index (χ3n) is 9.21. The maximum absolute atomic E-state index is 12.9. The fraction of sp³-hybridized carbons (Fsp3) is 0.594. The highest BCUT2D eigenvalue weighted by molar-refractivity contribution is 5.91. The predicted octanol–water partition coefficient (Wildman–Crippen LogP) is 3.61. The number of hydrogen-bond acceptors (Lipinski definition) is 12. The van der Waals surface area contributed by atoms with Gasteiger partial charge in [-0.05, 0) is 63.4 Å². The first-order valence-electron chi connectivity index (χ1n) is 16.2. The summed E-state index contributed by atoms with van der Waals surface area (Å²) in [6.45, 7) is 13.7. The molecule has 6 rings (SSSR count). The maximum atomic E-state index is 12.9. The van der Waals surface area contributed by atoms with Gasteiger partial charge in [-0.25, -0.2) is 4.79 Å². The van der Waals surface area contributed by atoms with Crippen molar-refractivity contribution in [3.8, 4) is 6.01 Å². The van der Waals surface area contributed by atoms with Gasteiger partial charge in [-0.2, -0.15) is 9.97 Å². The predicted molar refractivity (Wildman–Crippen MR) is 172 cm³/mol. The number of nitrogens with zero attached hydrogens (tertiary/aromatic N) is 8. The van der Waals surface area contributed by atoms with Gasteiger partial charge in [-0.15, -0.1) is 10.2 Å². The first-order chi connectivity index (χ1) is 21.8. The van der Waals surface area contributed by atoms with Crippen LogP contribution in [0.15, 0.2) is 18.2 Å². The summed E-state index contributed by atoms with van der Waals surface area (Å²) in [5.41, 5.74) is 9.40. The molecule has 0 radical (unpaired) electrons. The number of piperidine rings is 1. The molecule has 0 aliphatic carbocycles. The van der Waals surface area contributed by atoms with Crippen molar-refractivity contribution in [3.05, 3.63) is 46.5 Å². The number of nitrogens with two attached hydrogens (primary N) is 1. The number of ether oxygens (including phenoxy) is 2. The number of likely N-dealkylation sites (tertiary alicyclic amines) is 1. The van der Waals surface area contributed by atoms with Crippen molar-refractivity contribution >= 4 is 23.3 Å². The highest BCUT2D eigenvalue weighted by atomic mass is 16.5. The van der Waals surface area contributed by atoms with Crippen LogP contribution in [0.4, 0.5) is 17.3 Å². The number of carbonyl (C=O) groups excluding carboxylic acids is 1. The van der Waals surface area contributed by atoms with Crippen molar-refractivity contribution in [2.75, 3.05) is 56.0 Å². The van der Waals surface area contributed by atoms with Gasteiger partial charge in [-0.3, -0.25) is 9.80 Å². The van der Waals surface area contributed by atoms with Crippen molar-refractivity contribution < 1.29 is 14.3 Å². The Kier molecular flexibility index (Phi) is 9.36. The molecule has 0 bridgehead atoms. The monoisotopic (exact) mass is 618 g/mol. The van der Waals surface area contributed by atoms with Gasteiger partial charge in [0.1, 0.15) is 17.3 Å². The molecule has 3 aromatic rings. The number of carbonyl (C=O) groups is 1. The lowest BCUT2D eigenvalue weighted by molar-refractivity contribution is 0.0599. The summed E-state index contributed by atoms with van der Waals surface area (Å²) in [6.07, 6.45) is 4.02. The van der Waals surface area contributed by atoms with Crippen LogP contribution in [-0.2, 0) is 30.9 Å².